The molecule has 0 saturated carbocycles. The summed E-state index contributed by atoms with van der Waals surface area (Å²) in [4.78, 5) is 0. The Labute approximate surface area is 245 Å². The number of hydrogen-bond acceptors (Lipinski definition) is 3. The summed E-state index contributed by atoms with van der Waals surface area (Å²) in [7, 11) is 0. The van der Waals surface area contributed by atoms with E-state index in [1.54, 1.807) is 0 Å². The van der Waals surface area contributed by atoms with Crippen LogP contribution in [-0.4, -0.2) is 19.6 Å². The maximum absolute atomic E-state index is 3.73. The molecule has 0 atom stereocenters. The third kappa shape index (κ3) is 23.5. The Morgan fingerprint density at radius 1 is 0.333 bits per heavy atom. The molecular formula is C36H69N3. The van der Waals surface area contributed by atoms with Crippen LogP contribution in [0.1, 0.15) is 172 Å². The summed E-state index contributed by atoms with van der Waals surface area (Å²) in [6.45, 7) is 13.3. The van der Waals surface area contributed by atoms with Crippen molar-refractivity contribution in [3.8, 4) is 0 Å². The summed E-state index contributed by atoms with van der Waals surface area (Å²) in [5.41, 5.74) is 4.34. The molecule has 0 heterocycles. The molecule has 0 amide bonds. The Morgan fingerprint density at radius 3 is 0.821 bits per heavy atom. The Hall–Kier alpha value is -0.900. The second kappa shape index (κ2) is 28.6. The molecule has 1 aromatic rings. The fourth-order valence-electron chi connectivity index (χ4n) is 5.47. The number of unbranched alkanes of at least 4 members (excludes halogenated alkanes) is 18. The van der Waals surface area contributed by atoms with Crippen LogP contribution < -0.4 is 16.0 Å². The SMILES string of the molecule is CCCCCCCCCNCc1cc(CNCCCCCCCCC)cc(CNCCCCCCCCC)c1. The van der Waals surface area contributed by atoms with Gasteiger partial charge in [0.25, 0.3) is 0 Å². The molecular weight excluding hydrogens is 474 g/mol. The lowest BCUT2D eigenvalue weighted by molar-refractivity contribution is 0.558. The van der Waals surface area contributed by atoms with Gasteiger partial charge in [0, 0.05) is 19.6 Å². The molecule has 0 fully saturated rings. The normalized spacial score (nSPS) is 11.5. The van der Waals surface area contributed by atoms with Crippen LogP contribution in [0.5, 0.6) is 0 Å². The van der Waals surface area contributed by atoms with E-state index in [2.05, 4.69) is 54.9 Å². The van der Waals surface area contributed by atoms with Crippen LogP contribution >= 0.6 is 0 Å². The molecule has 0 bridgehead atoms. The van der Waals surface area contributed by atoms with Crippen molar-refractivity contribution in [3.63, 3.8) is 0 Å². The van der Waals surface area contributed by atoms with Gasteiger partial charge in [-0.15, -0.1) is 0 Å². The van der Waals surface area contributed by atoms with Crippen molar-refractivity contribution in [1.29, 1.82) is 0 Å². The molecule has 39 heavy (non-hydrogen) atoms. The Bertz CT molecular complexity index is 532. The first-order valence-electron chi connectivity index (χ1n) is 17.5. The quantitative estimate of drug-likeness (QED) is 0.0845. The highest BCUT2D eigenvalue weighted by Gasteiger charge is 2.03. The molecule has 0 aliphatic heterocycles. The van der Waals surface area contributed by atoms with E-state index in [-0.39, 0.29) is 0 Å². The van der Waals surface area contributed by atoms with Crippen molar-refractivity contribution in [2.75, 3.05) is 19.6 Å². The van der Waals surface area contributed by atoms with Gasteiger partial charge in [0.05, 0.1) is 0 Å². The molecule has 0 aromatic heterocycles. The summed E-state index contributed by atoms with van der Waals surface area (Å²) in [6.07, 6.45) is 28.9. The largest absolute Gasteiger partial charge is 0.313 e. The number of benzene rings is 1. The third-order valence-corrected chi connectivity index (χ3v) is 7.97. The van der Waals surface area contributed by atoms with E-state index in [9.17, 15) is 0 Å². The second-order valence-corrected chi connectivity index (χ2v) is 12.1. The number of nitrogens with one attached hydrogen (secondary N) is 3. The molecule has 3 nitrogen and oxygen atoms in total. The van der Waals surface area contributed by atoms with Gasteiger partial charge in [0.2, 0.25) is 0 Å². The molecule has 3 heteroatoms. The Morgan fingerprint density at radius 2 is 0.564 bits per heavy atom. The average Bonchev–Trinajstić information content (AvgIpc) is 2.94. The van der Waals surface area contributed by atoms with Crippen LogP contribution in [0, 0.1) is 0 Å². The van der Waals surface area contributed by atoms with E-state index in [0.29, 0.717) is 0 Å². The van der Waals surface area contributed by atoms with Crippen molar-refractivity contribution in [3.05, 3.63) is 34.9 Å². The van der Waals surface area contributed by atoms with Crippen molar-refractivity contribution in [2.24, 2.45) is 0 Å². The van der Waals surface area contributed by atoms with E-state index < -0.39 is 0 Å². The van der Waals surface area contributed by atoms with Gasteiger partial charge in [0.1, 0.15) is 0 Å². The first-order valence-corrected chi connectivity index (χ1v) is 17.5. The standard InChI is InChI=1S/C36H69N3/c1-4-7-10-13-16-19-22-25-37-31-34-28-35(32-38-26-23-20-17-14-11-8-5-2)30-36(29-34)33-39-27-24-21-18-15-12-9-6-3/h28-30,37-39H,4-27,31-33H2,1-3H3. The van der Waals surface area contributed by atoms with Crippen LogP contribution in [0.15, 0.2) is 18.2 Å². The topological polar surface area (TPSA) is 36.1 Å². The molecule has 0 unspecified atom stereocenters. The number of hydrogen-bond donors (Lipinski definition) is 3. The highest BCUT2D eigenvalue weighted by atomic mass is 14.9. The van der Waals surface area contributed by atoms with Gasteiger partial charge < -0.3 is 16.0 Å². The van der Waals surface area contributed by atoms with E-state index in [0.717, 1.165) is 39.3 Å². The molecule has 0 aliphatic carbocycles. The van der Waals surface area contributed by atoms with E-state index in [1.807, 2.05) is 0 Å². The summed E-state index contributed by atoms with van der Waals surface area (Å²) >= 11 is 0. The van der Waals surface area contributed by atoms with Gasteiger partial charge in [-0.05, 0) is 55.6 Å². The molecule has 0 saturated heterocycles. The van der Waals surface area contributed by atoms with Crippen molar-refractivity contribution >= 4 is 0 Å². The highest BCUT2D eigenvalue weighted by molar-refractivity contribution is 5.30. The Kier molecular flexibility index (Phi) is 26.5. The minimum Gasteiger partial charge on any atom is -0.313 e. The minimum atomic E-state index is 0.992. The van der Waals surface area contributed by atoms with E-state index in [4.69, 9.17) is 0 Å². The smallest absolute Gasteiger partial charge is 0.0205 e. The molecule has 228 valence electrons. The molecule has 0 spiro atoms. The van der Waals surface area contributed by atoms with Gasteiger partial charge in [-0.3, -0.25) is 0 Å². The van der Waals surface area contributed by atoms with Gasteiger partial charge >= 0.3 is 0 Å². The predicted octanol–water partition coefficient (Wildman–Crippen LogP) is 10.2. The first-order chi connectivity index (χ1) is 19.3. The van der Waals surface area contributed by atoms with Gasteiger partial charge in [-0.1, -0.05) is 155 Å². The summed E-state index contributed by atoms with van der Waals surface area (Å²) in [6, 6.07) is 7.28. The lowest BCUT2D eigenvalue weighted by Crippen LogP contribution is -2.19. The first kappa shape index (κ1) is 36.1. The zero-order valence-electron chi connectivity index (χ0n) is 26.8. The van der Waals surface area contributed by atoms with Crippen LogP contribution in [0.4, 0.5) is 0 Å². The summed E-state index contributed by atoms with van der Waals surface area (Å²) in [5, 5.41) is 11.2. The van der Waals surface area contributed by atoms with E-state index in [1.165, 1.54) is 152 Å². The van der Waals surface area contributed by atoms with Crippen molar-refractivity contribution < 1.29 is 0 Å². The monoisotopic (exact) mass is 544 g/mol. The minimum absolute atomic E-state index is 0.992. The second-order valence-electron chi connectivity index (χ2n) is 12.1. The van der Waals surface area contributed by atoms with Crippen LogP contribution in [0.25, 0.3) is 0 Å². The highest BCUT2D eigenvalue weighted by Crippen LogP contribution is 2.13. The van der Waals surface area contributed by atoms with Gasteiger partial charge in [-0.25, -0.2) is 0 Å². The average molecular weight is 544 g/mol. The van der Waals surface area contributed by atoms with Crippen LogP contribution in [0.3, 0.4) is 0 Å². The molecule has 3 N–H and O–H groups in total. The lowest BCUT2D eigenvalue weighted by atomic mass is 10.0. The number of rotatable bonds is 30. The molecule has 1 aromatic carbocycles. The predicted molar refractivity (Wildman–Crippen MR) is 176 cm³/mol. The summed E-state index contributed by atoms with van der Waals surface area (Å²) in [5.74, 6) is 0. The fraction of sp³-hybridized carbons (Fsp3) is 0.833. The zero-order valence-corrected chi connectivity index (χ0v) is 26.8. The maximum Gasteiger partial charge on any atom is 0.0205 e. The molecule has 0 aliphatic rings. The zero-order chi connectivity index (χ0) is 28.1. The van der Waals surface area contributed by atoms with Crippen LogP contribution in [0.2, 0.25) is 0 Å². The molecule has 1 rings (SSSR count). The fourth-order valence-corrected chi connectivity index (χ4v) is 5.47. The van der Waals surface area contributed by atoms with Crippen LogP contribution in [-0.2, 0) is 19.6 Å². The summed E-state index contributed by atoms with van der Waals surface area (Å²) < 4.78 is 0. The molecule has 0 radical (unpaired) electrons. The van der Waals surface area contributed by atoms with Crippen molar-refractivity contribution in [2.45, 2.75) is 175 Å². The maximum atomic E-state index is 3.73. The van der Waals surface area contributed by atoms with Crippen molar-refractivity contribution in [1.82, 2.24) is 16.0 Å². The Balaban J connectivity index is 2.38. The van der Waals surface area contributed by atoms with E-state index >= 15 is 0 Å². The lowest BCUT2D eigenvalue weighted by Gasteiger charge is -2.13. The van der Waals surface area contributed by atoms with Gasteiger partial charge in [0.15, 0.2) is 0 Å². The third-order valence-electron chi connectivity index (χ3n) is 7.97. The van der Waals surface area contributed by atoms with Gasteiger partial charge in [-0.2, -0.15) is 0 Å².